The minimum Gasteiger partial charge on any atom is -0.507 e. The lowest BCUT2D eigenvalue weighted by Gasteiger charge is -2.32. The number of fused-ring (bicyclic) bond motifs is 5. The second-order valence-electron chi connectivity index (χ2n) is 32.4. The molecule has 5 aliphatic rings. The van der Waals surface area contributed by atoms with Gasteiger partial charge in [0.15, 0.2) is 17.3 Å². The summed E-state index contributed by atoms with van der Waals surface area (Å²) >= 11 is 6.06. The predicted octanol–water partition coefficient (Wildman–Crippen LogP) is 3.38. The van der Waals surface area contributed by atoms with Crippen LogP contribution in [0.5, 0.6) is 11.5 Å². The van der Waals surface area contributed by atoms with E-state index in [2.05, 4.69) is 52.6 Å². The van der Waals surface area contributed by atoms with Crippen molar-refractivity contribution in [3.63, 3.8) is 0 Å². The third-order valence-corrected chi connectivity index (χ3v) is 20.3. The Morgan fingerprint density at radius 2 is 1.07 bits per heavy atom. The smallest absolute Gasteiger partial charge is 0.408 e. The highest BCUT2D eigenvalue weighted by Gasteiger charge is 2.38. The lowest BCUT2D eigenvalue weighted by molar-refractivity contribution is -0.142. The second kappa shape index (κ2) is 57.8. The molecule has 4 saturated heterocycles. The number of carbonyl (C=O) groups excluding carboxylic acids is 14. The number of likely N-dealkylation sites (N-methyl/N-ethyl adjacent to an activating group) is 1. The van der Waals surface area contributed by atoms with E-state index < -0.39 is 113 Å². The number of Topliss-reactive ketones (excluding diaryl/α,β-unsaturated/α-hetero) is 3. The SMILES string of the molecule is CC(C)(C)OC(=O)N[C@@H](CCN)C(=O)O.CC(C)C(=O)N[C@H]1CCNC1=O.CC(C)C(=O)O.COC(=O)[C@@H](N)CCN.C[C@@H]1CC(=O)[C@@H](N(C)C(=O)[C@H](CCCCN)CC(=O)c2ccc(-c3ccc(Cl)cc3)cc2)c2ccc(O)c(c2)-c2cc(ccc2O)C[C@@H](C(=O)C[C@@H](C)C(=O)N[C@H]2CCNC2=O)NC1=O.C[C@H](N)C(=O)N[C@H]1CCNC1=O.Cl.Cl.N[C@H]1CCNC1=O. The number of carboxylic acids is 2. The molecule has 25 N–H and O–H groups in total. The number of hydrogen-bond donors (Lipinski definition) is 19. The van der Waals surface area contributed by atoms with Crippen LogP contribution in [0.4, 0.5) is 4.79 Å². The molecule has 0 radical (unpaired) electrons. The van der Waals surface area contributed by atoms with E-state index in [0.29, 0.717) is 99.4 Å². The van der Waals surface area contributed by atoms with Crippen LogP contribution < -0.4 is 82.3 Å². The van der Waals surface area contributed by atoms with Crippen molar-refractivity contribution in [3.8, 4) is 33.8 Å². The Labute approximate surface area is 763 Å². The fourth-order valence-electron chi connectivity index (χ4n) is 12.5. The molecule has 41 heteroatoms. The monoisotopic (exact) mass is 1860 g/mol. The quantitative estimate of drug-likeness (QED) is 0.0231. The summed E-state index contributed by atoms with van der Waals surface area (Å²) in [6.45, 7) is 20.1. The number of nitrogens with two attached hydrogens (primary N) is 6. The number of hydrogen-bond acceptors (Lipinski definition) is 26. The molecule has 38 nitrogen and oxygen atoms in total. The number of nitrogens with zero attached hydrogens (tertiary/aromatic N) is 1. The Balaban J connectivity index is 0.00000103. The van der Waals surface area contributed by atoms with Gasteiger partial charge in [0.1, 0.15) is 53.4 Å². The Bertz CT molecular complexity index is 4320. The zero-order chi connectivity index (χ0) is 95.0. The number of ketones is 3. The number of unbranched alkanes of at least 4 members (excludes halogenated alkanes) is 1. The highest BCUT2D eigenvalue weighted by molar-refractivity contribution is 6.30. The molecule has 0 aromatic heterocycles. The number of benzene rings is 4. The number of aliphatic carboxylic acids is 2. The van der Waals surface area contributed by atoms with E-state index in [4.69, 9.17) is 61.0 Å². The van der Waals surface area contributed by atoms with E-state index in [0.717, 1.165) is 24.1 Å². The first-order valence-electron chi connectivity index (χ1n) is 41.8. The average Bonchev–Trinajstić information content (AvgIpc) is 0.836. The fraction of sp³-hybridized carbons (Fsp3) is 0.540. The number of esters is 1. The minimum absolute atomic E-state index is 0. The summed E-state index contributed by atoms with van der Waals surface area (Å²) in [4.78, 5) is 194. The van der Waals surface area contributed by atoms with Crippen LogP contribution in [-0.4, -0.2) is 234 Å². The number of carbonyl (C=O) groups is 16. The summed E-state index contributed by atoms with van der Waals surface area (Å²) in [6.07, 6.45) is 3.09. The third kappa shape index (κ3) is 40.1. The molecule has 10 amide bonds. The predicted molar refractivity (Wildman–Crippen MR) is 484 cm³/mol. The van der Waals surface area contributed by atoms with Crippen LogP contribution in [0.25, 0.3) is 22.3 Å². The topological polar surface area (TPSA) is 640 Å². The van der Waals surface area contributed by atoms with E-state index in [9.17, 15) is 86.9 Å². The van der Waals surface area contributed by atoms with E-state index in [1.807, 2.05) is 38.1 Å². The summed E-state index contributed by atoms with van der Waals surface area (Å²) in [7, 11) is 2.77. The number of nitrogens with one attached hydrogen (secondary N) is 9. The first-order chi connectivity index (χ1) is 59.2. The summed E-state index contributed by atoms with van der Waals surface area (Å²) in [5, 5.41) is 63.1. The maximum Gasteiger partial charge on any atom is 0.408 e. The number of ether oxygens (including phenoxy) is 2. The Hall–Kier alpha value is -11.0. The van der Waals surface area contributed by atoms with Gasteiger partial charge in [0.25, 0.3) is 0 Å². The number of alkyl carbamates (subject to hydrolysis) is 1. The maximum absolute atomic E-state index is 14.7. The average molecular weight is 1860 g/mol. The van der Waals surface area contributed by atoms with E-state index >= 15 is 0 Å². The molecule has 12 atom stereocenters. The third-order valence-electron chi connectivity index (χ3n) is 20.0. The summed E-state index contributed by atoms with van der Waals surface area (Å²) in [5.41, 5.74) is 34.7. The molecule has 0 spiro atoms. The standard InChI is InChI=1S/C50H56ClN5O9.C9H18N2O4.C8H14N2O2.C7H13N3O2.C5H12N2O2.C4H8N2O.C4H8O2.2ClH/c1-28(47(62)54-39-19-21-53-49(39)64)22-44(60)40-25-30-7-17-41(57)37(24-30)38-26-34(14-18-42(38)58)46(45(61)23-29(2)48(63)55-40)56(3)50(65)35(6-4-5-20-52)27-43(59)33-10-8-31(9-11-33)32-12-15-36(51)16-13-32;1-9(2,3)15-8(14)11-6(4-5-10)7(12)13;1-5(2)7(11)10-6-3-4-9-8(6)12;1-4(8)6(11)10-5-2-3-9-7(5)12;1-9-5(8)4(7)2-3-6;5-3-1-2-6-4(3)7;1-3(2)4(5)6;;/h7-18,24,26,28-29,35,39-40,46,57-58H,4-6,19-23,25,27,52H2,1-3H3,(H,53,64)(H,54,62)(H,55,63);6H,4-5,10H2,1-3H3,(H,11,14)(H,12,13);5-6H,3-4H2,1-2H3,(H,9,12)(H,10,11);4-5H,2-3,8H2,1H3,(H,9,12)(H,10,11);4H,2-3,6-7H2,1H3;3H,1-2,5H2,(H,6,7);3H,1-2H3,(H,5,6);2*1H/t28-,29-,35-,39+,40+,46+;2*6-;4-,5-;4-;3-;;;/m100000.../s1. The van der Waals surface area contributed by atoms with E-state index in [-0.39, 0.29) is 157 Å². The Morgan fingerprint density at radius 1 is 0.586 bits per heavy atom. The molecule has 0 unspecified atom stereocenters. The van der Waals surface area contributed by atoms with Crippen molar-refractivity contribution in [3.05, 3.63) is 107 Å². The van der Waals surface area contributed by atoms with Crippen LogP contribution in [0.2, 0.25) is 5.02 Å². The first-order valence-corrected chi connectivity index (χ1v) is 42.2. The molecule has 0 saturated carbocycles. The lowest BCUT2D eigenvalue weighted by atomic mass is 9.87. The fourth-order valence-corrected chi connectivity index (χ4v) is 12.6. The van der Waals surface area contributed by atoms with Crippen molar-refractivity contribution < 1.29 is 107 Å². The van der Waals surface area contributed by atoms with Gasteiger partial charge in [-0.3, -0.25) is 67.1 Å². The van der Waals surface area contributed by atoms with E-state index in [1.54, 1.807) is 84.9 Å². The number of rotatable bonds is 27. The van der Waals surface area contributed by atoms with Gasteiger partial charge in [0.2, 0.25) is 53.2 Å². The van der Waals surface area contributed by atoms with Crippen molar-refractivity contribution in [1.29, 1.82) is 0 Å². The number of halogens is 3. The number of phenols is 2. The second-order valence-corrected chi connectivity index (χ2v) is 32.9. The molecule has 128 heavy (non-hydrogen) atoms. The van der Waals surface area contributed by atoms with Crippen LogP contribution >= 0.6 is 36.4 Å². The van der Waals surface area contributed by atoms with Crippen molar-refractivity contribution in [2.75, 3.05) is 60.0 Å². The molecule has 4 bridgehead atoms. The molecule has 5 aliphatic heterocycles. The normalized spacial score (nSPS) is 18.9. The number of aromatic hydroxyl groups is 2. The molecule has 4 aromatic rings. The van der Waals surface area contributed by atoms with Crippen molar-refractivity contribution in [2.24, 2.45) is 64.0 Å². The number of phenolic OH excluding ortho intramolecular Hbond substituents is 2. The highest BCUT2D eigenvalue weighted by Crippen LogP contribution is 2.40. The van der Waals surface area contributed by atoms with Crippen LogP contribution in [0.15, 0.2) is 84.9 Å². The largest absolute Gasteiger partial charge is 0.507 e. The van der Waals surface area contributed by atoms with Crippen LogP contribution in [0.1, 0.15) is 174 Å². The van der Waals surface area contributed by atoms with Gasteiger partial charge in [-0.05, 0) is 164 Å². The molecular weight excluding hydrogens is 1730 g/mol. The maximum atomic E-state index is 14.7. The van der Waals surface area contributed by atoms with E-state index in [1.165, 1.54) is 50.2 Å². The van der Waals surface area contributed by atoms with Crippen LogP contribution in [0.3, 0.4) is 0 Å². The first kappa shape index (κ1) is 115. The van der Waals surface area contributed by atoms with Gasteiger partial charge in [0.05, 0.1) is 31.2 Å². The van der Waals surface area contributed by atoms with Crippen LogP contribution in [0, 0.1) is 29.6 Å². The summed E-state index contributed by atoms with van der Waals surface area (Å²) in [5.74, 6) is -9.38. The van der Waals surface area contributed by atoms with Gasteiger partial charge in [0, 0.05) is 97.9 Å². The molecule has 712 valence electrons. The number of methoxy groups -OCH3 is 1. The van der Waals surface area contributed by atoms with Crippen molar-refractivity contribution in [1.82, 2.24) is 52.8 Å². The molecular formula is C87H131Cl3N16O22. The van der Waals surface area contributed by atoms with Gasteiger partial charge in [-0.1, -0.05) is 108 Å². The van der Waals surface area contributed by atoms with Gasteiger partial charge in [-0.15, -0.1) is 24.8 Å². The minimum atomic E-state index is -1.30. The van der Waals surface area contributed by atoms with Gasteiger partial charge < -0.3 is 117 Å². The van der Waals surface area contributed by atoms with Crippen molar-refractivity contribution >= 4 is 131 Å². The summed E-state index contributed by atoms with van der Waals surface area (Å²) in [6, 6.07) is 17.1. The summed E-state index contributed by atoms with van der Waals surface area (Å²) < 4.78 is 9.26. The van der Waals surface area contributed by atoms with Gasteiger partial charge in [-0.25, -0.2) is 9.59 Å². The molecule has 4 fully saturated rings. The zero-order valence-electron chi connectivity index (χ0n) is 74.6. The molecule has 5 heterocycles. The molecule has 9 rings (SSSR count). The van der Waals surface area contributed by atoms with Gasteiger partial charge in [-0.2, -0.15) is 0 Å². The van der Waals surface area contributed by atoms with Gasteiger partial charge >= 0.3 is 24.0 Å². The molecule has 0 aliphatic carbocycles. The Kier molecular flexibility index (Phi) is 51.9. The molecule has 4 aromatic carbocycles. The number of amides is 10. The zero-order valence-corrected chi connectivity index (χ0v) is 76.9. The number of carboxylic acid groups (broad SMARTS) is 2. The lowest BCUT2D eigenvalue weighted by Crippen LogP contribution is -2.47. The Morgan fingerprint density at radius 3 is 1.50 bits per heavy atom. The van der Waals surface area contributed by atoms with Crippen molar-refractivity contribution in [2.45, 2.75) is 213 Å². The highest BCUT2D eigenvalue weighted by atomic mass is 35.5. The van der Waals surface area contributed by atoms with Crippen LogP contribution in [-0.2, 0) is 83.0 Å².